The highest BCUT2D eigenvalue weighted by molar-refractivity contribution is 5.52. The van der Waals surface area contributed by atoms with Crippen molar-refractivity contribution in [2.45, 2.75) is 45.0 Å². The minimum atomic E-state index is -3.26. The molecule has 126 valence electrons. The van der Waals surface area contributed by atoms with Gasteiger partial charge in [-0.1, -0.05) is 43.2 Å². The fraction of sp³-hybridized carbons (Fsp3) is 0.400. The molecule has 0 amide bonds. The van der Waals surface area contributed by atoms with Gasteiger partial charge in [-0.25, -0.2) is 4.68 Å². The van der Waals surface area contributed by atoms with Gasteiger partial charge >= 0.3 is 0 Å². The summed E-state index contributed by atoms with van der Waals surface area (Å²) in [5, 5.41) is 3.97. The minimum absolute atomic E-state index is 0.0395. The Bertz CT molecular complexity index is 1100. The molecule has 24 heavy (non-hydrogen) atoms. The van der Waals surface area contributed by atoms with Crippen LogP contribution in [0.2, 0.25) is 0 Å². The highest BCUT2D eigenvalue weighted by atomic mass is 16.5. The summed E-state index contributed by atoms with van der Waals surface area (Å²) in [7, 11) is 0. The van der Waals surface area contributed by atoms with Gasteiger partial charge in [0.15, 0.2) is 0 Å². The smallest absolute Gasteiger partial charge is 0.271 e. The van der Waals surface area contributed by atoms with Gasteiger partial charge in [-0.2, -0.15) is 5.10 Å². The molecule has 1 aliphatic rings. The number of nitrogens with zero attached hydrogens (tertiary/aromatic N) is 2. The van der Waals surface area contributed by atoms with Crippen LogP contribution in [0.15, 0.2) is 47.5 Å². The highest BCUT2D eigenvalue weighted by Crippen LogP contribution is 2.34. The summed E-state index contributed by atoms with van der Waals surface area (Å²) in [6.07, 6.45) is 0.240. The van der Waals surface area contributed by atoms with Gasteiger partial charge < -0.3 is 4.74 Å². The van der Waals surface area contributed by atoms with Crippen LogP contribution in [-0.4, -0.2) is 16.3 Å². The normalized spacial score (nSPS) is 23.9. The Kier molecular flexibility index (Phi) is 2.87. The largest absolute Gasteiger partial charge is 0.501 e. The van der Waals surface area contributed by atoms with Gasteiger partial charge in [-0.3, -0.25) is 4.79 Å². The van der Waals surface area contributed by atoms with E-state index in [0.717, 1.165) is 10.2 Å². The number of aromatic nitrogens is 2. The Morgan fingerprint density at radius 3 is 3.04 bits per heavy atom. The van der Waals surface area contributed by atoms with E-state index in [1.807, 2.05) is 6.07 Å². The molecule has 0 atom stereocenters. The van der Waals surface area contributed by atoms with Crippen LogP contribution < -0.4 is 5.56 Å². The Hall–Kier alpha value is -2.36. The first kappa shape index (κ1) is 8.65. The lowest BCUT2D eigenvalue weighted by Crippen LogP contribution is -2.28. The van der Waals surface area contributed by atoms with E-state index in [4.69, 9.17) is 12.3 Å². The maximum absolute atomic E-state index is 13.4. The van der Waals surface area contributed by atoms with Crippen LogP contribution >= 0.6 is 0 Å². The first-order valence-electron chi connectivity index (χ1n) is 12.3. The summed E-state index contributed by atoms with van der Waals surface area (Å²) >= 11 is 0. The summed E-state index contributed by atoms with van der Waals surface area (Å²) in [5.41, 5.74) is -0.526. The molecule has 0 saturated heterocycles. The molecule has 3 rings (SSSR count). The van der Waals surface area contributed by atoms with E-state index in [1.54, 1.807) is 24.3 Å². The van der Waals surface area contributed by atoms with Crippen LogP contribution in [0.3, 0.4) is 0 Å². The second-order valence-electron chi connectivity index (χ2n) is 5.55. The molecule has 1 aromatic heterocycles. The molecule has 0 aliphatic heterocycles. The number of rotatable bonds is 6. The molecule has 0 radical (unpaired) electrons. The molecule has 0 spiro atoms. The molecule has 4 nitrogen and oxygen atoms in total. The van der Waals surface area contributed by atoms with E-state index in [-0.39, 0.29) is 12.1 Å². The molecule has 1 aromatic carbocycles. The number of ether oxygens (including phenoxy) is 1. The molecular formula is C20H24N2O2. The van der Waals surface area contributed by atoms with Crippen molar-refractivity contribution >= 4 is 6.05 Å². The van der Waals surface area contributed by atoms with Crippen molar-refractivity contribution in [2.75, 3.05) is 6.56 Å². The van der Waals surface area contributed by atoms with Crippen molar-refractivity contribution < 1.29 is 17.1 Å². The number of benzene rings is 1. The van der Waals surface area contributed by atoms with Crippen LogP contribution in [0.4, 0.5) is 0 Å². The van der Waals surface area contributed by atoms with Crippen LogP contribution in [0, 0.1) is 0 Å². The van der Waals surface area contributed by atoms with Crippen molar-refractivity contribution in [1.82, 2.24) is 9.78 Å². The van der Waals surface area contributed by atoms with Crippen molar-refractivity contribution in [2.24, 2.45) is 0 Å². The topological polar surface area (TPSA) is 44.1 Å². The summed E-state index contributed by atoms with van der Waals surface area (Å²) in [6, 6.07) is 8.07. The zero-order valence-corrected chi connectivity index (χ0v) is 13.1. The summed E-state index contributed by atoms with van der Waals surface area (Å²) in [6.45, 7) is -6.45. The predicted octanol–water partition coefficient (Wildman–Crippen LogP) is 3.96. The van der Waals surface area contributed by atoms with Crippen LogP contribution in [0.25, 0.3) is 6.05 Å². The van der Waals surface area contributed by atoms with Crippen LogP contribution in [0.1, 0.15) is 67.5 Å². The second kappa shape index (κ2) is 7.95. The standard InChI is InChI=1S/C20H24N2O2/c1-2-24-13-12-18-14-21-22(15-16-8-4-3-5-9-16)20(23)19(18)17-10-6-7-11-17/h3-5,8-9,12-14,17H,2,6-7,10-11,15H2,1H3/i1D3,2D2,12D,13D,14D,17D. The second-order valence-corrected chi connectivity index (χ2v) is 5.55. The highest BCUT2D eigenvalue weighted by Gasteiger charge is 2.23. The fourth-order valence-electron chi connectivity index (χ4n) is 2.88. The zero-order valence-electron chi connectivity index (χ0n) is 22.1. The molecule has 0 N–H and O–H groups in total. The molecule has 0 bridgehead atoms. The lowest BCUT2D eigenvalue weighted by molar-refractivity contribution is 0.272. The molecular weight excluding hydrogens is 300 g/mol. The van der Waals surface area contributed by atoms with Crippen LogP contribution in [-0.2, 0) is 11.3 Å². The number of hydrogen-bond acceptors (Lipinski definition) is 3. The Morgan fingerprint density at radius 1 is 1.50 bits per heavy atom. The van der Waals surface area contributed by atoms with Gasteiger partial charge in [-0.15, -0.1) is 0 Å². The molecule has 1 saturated carbocycles. The maximum atomic E-state index is 13.4. The van der Waals surface area contributed by atoms with Gasteiger partial charge in [0.05, 0.1) is 31.0 Å². The average molecular weight is 333 g/mol. The Morgan fingerprint density at radius 2 is 2.29 bits per heavy atom. The van der Waals surface area contributed by atoms with E-state index in [9.17, 15) is 4.79 Å². The first-order valence-corrected chi connectivity index (χ1v) is 7.80. The van der Waals surface area contributed by atoms with E-state index in [2.05, 4.69) is 9.84 Å². The predicted molar refractivity (Wildman–Crippen MR) is 95.9 cm³/mol. The monoisotopic (exact) mass is 333 g/mol. The summed E-state index contributed by atoms with van der Waals surface area (Å²) in [5.74, 6) is -1.42. The van der Waals surface area contributed by atoms with Crippen LogP contribution in [0.5, 0.6) is 0 Å². The fourth-order valence-corrected chi connectivity index (χ4v) is 2.88. The third-order valence-corrected chi connectivity index (χ3v) is 3.99. The molecule has 1 aliphatic carbocycles. The van der Waals surface area contributed by atoms with Crippen molar-refractivity contribution in [3.63, 3.8) is 0 Å². The summed E-state index contributed by atoms with van der Waals surface area (Å²) in [4.78, 5) is 13.4. The van der Waals surface area contributed by atoms with Gasteiger partial charge in [0.25, 0.3) is 5.56 Å². The quantitative estimate of drug-likeness (QED) is 0.752. The molecule has 4 heteroatoms. The van der Waals surface area contributed by atoms with E-state index >= 15 is 0 Å². The average Bonchev–Trinajstić information content (AvgIpc) is 3.16. The molecule has 0 unspecified atom stereocenters. The molecule has 1 heterocycles. The van der Waals surface area contributed by atoms with Gasteiger partial charge in [0.1, 0.15) is 1.37 Å². The van der Waals surface area contributed by atoms with Crippen molar-refractivity contribution in [3.8, 4) is 0 Å². The van der Waals surface area contributed by atoms with E-state index in [0.29, 0.717) is 25.7 Å². The number of hydrogen-bond donors (Lipinski definition) is 0. The SMILES string of the molecule is [2H]C(OC([2H])([2H])C([2H])([2H])[2H])=C([2H])c1c([2H])nn(Cc2ccccc2)c(=O)c1C1([2H])CCCC1. The zero-order chi connectivity index (χ0) is 24.6. The van der Waals surface area contributed by atoms with E-state index < -0.39 is 48.9 Å². The molecule has 1 fully saturated rings. The first-order chi connectivity index (χ1) is 15.3. The summed E-state index contributed by atoms with van der Waals surface area (Å²) < 4.78 is 76.1. The maximum Gasteiger partial charge on any atom is 0.271 e. The molecule has 2 aromatic rings. The van der Waals surface area contributed by atoms with Crippen molar-refractivity contribution in [3.05, 3.63) is 69.8 Å². The van der Waals surface area contributed by atoms with Gasteiger partial charge in [0, 0.05) is 16.6 Å². The van der Waals surface area contributed by atoms with Gasteiger partial charge in [0.2, 0.25) is 0 Å². The van der Waals surface area contributed by atoms with E-state index in [1.165, 1.54) is 0 Å². The van der Waals surface area contributed by atoms with Crippen molar-refractivity contribution in [1.29, 1.82) is 0 Å². The minimum Gasteiger partial charge on any atom is -0.501 e. The third-order valence-electron chi connectivity index (χ3n) is 3.99. The van der Waals surface area contributed by atoms with Gasteiger partial charge in [-0.05, 0) is 37.2 Å². The Balaban J connectivity index is 2.19. The Labute approximate surface area is 155 Å². The third kappa shape index (κ3) is 3.75. The lowest BCUT2D eigenvalue weighted by Gasteiger charge is -2.15. The lowest BCUT2D eigenvalue weighted by atomic mass is 9.95.